The van der Waals surface area contributed by atoms with Crippen molar-refractivity contribution in [3.05, 3.63) is 0 Å². The average Bonchev–Trinajstić information content (AvgIpc) is 3.02. The van der Waals surface area contributed by atoms with Gasteiger partial charge < -0.3 is 10.2 Å². The molecule has 1 aliphatic carbocycles. The van der Waals surface area contributed by atoms with Crippen LogP contribution in [-0.2, 0) is 0 Å². The molecule has 3 nitrogen and oxygen atoms in total. The molecule has 0 aromatic heterocycles. The number of nitrogens with zero attached hydrogens (tertiary/aromatic N) is 2. The Bertz CT molecular complexity index is 325. The first-order chi connectivity index (χ1) is 8.22. The molecule has 0 bridgehead atoms. The van der Waals surface area contributed by atoms with E-state index >= 15 is 0 Å². The summed E-state index contributed by atoms with van der Waals surface area (Å²) < 4.78 is 0. The first-order valence-electron chi connectivity index (χ1n) is 7.27. The summed E-state index contributed by atoms with van der Waals surface area (Å²) in [6, 6.07) is 0.700. The Kier molecular flexibility index (Phi) is 4.44. The van der Waals surface area contributed by atoms with E-state index in [0.29, 0.717) is 11.5 Å². The van der Waals surface area contributed by atoms with E-state index in [9.17, 15) is 0 Å². The van der Waals surface area contributed by atoms with Crippen LogP contribution in [0.15, 0.2) is 4.99 Å². The number of piperidine rings is 1. The molecule has 104 valence electrons. The zero-order valence-electron chi connectivity index (χ0n) is 11.6. The van der Waals surface area contributed by atoms with Crippen LogP contribution >= 0.6 is 24.0 Å². The molecule has 1 saturated heterocycles. The van der Waals surface area contributed by atoms with Gasteiger partial charge >= 0.3 is 0 Å². The molecule has 2 aliphatic heterocycles. The van der Waals surface area contributed by atoms with Gasteiger partial charge in [0.15, 0.2) is 5.96 Å². The first kappa shape index (κ1) is 14.4. The summed E-state index contributed by atoms with van der Waals surface area (Å²) in [4.78, 5) is 7.24. The van der Waals surface area contributed by atoms with Crippen molar-refractivity contribution in [1.82, 2.24) is 10.2 Å². The number of aliphatic imine (C=N–C) groups is 1. The summed E-state index contributed by atoms with van der Waals surface area (Å²) >= 11 is 0. The number of nitrogens with one attached hydrogen (secondary N) is 1. The summed E-state index contributed by atoms with van der Waals surface area (Å²) in [5.74, 6) is 2.03. The van der Waals surface area contributed by atoms with Gasteiger partial charge in [0.1, 0.15) is 0 Å². The van der Waals surface area contributed by atoms with Gasteiger partial charge in [0, 0.05) is 13.1 Å². The molecule has 2 atom stereocenters. The lowest BCUT2D eigenvalue weighted by atomic mass is 9.95. The zero-order chi connectivity index (χ0) is 11.9. The molecule has 4 heteroatoms. The minimum atomic E-state index is 0. The number of rotatable bonds is 3. The van der Waals surface area contributed by atoms with Crippen molar-refractivity contribution in [2.75, 3.05) is 19.6 Å². The highest BCUT2D eigenvalue weighted by Gasteiger charge is 2.41. The van der Waals surface area contributed by atoms with E-state index in [1.54, 1.807) is 0 Å². The molecule has 0 spiro atoms. The third kappa shape index (κ3) is 2.78. The minimum Gasteiger partial charge on any atom is -0.356 e. The van der Waals surface area contributed by atoms with E-state index in [0.717, 1.165) is 19.0 Å². The fourth-order valence-corrected chi connectivity index (χ4v) is 3.20. The number of guanidine groups is 1. The van der Waals surface area contributed by atoms with Crippen LogP contribution in [0.4, 0.5) is 0 Å². The fourth-order valence-electron chi connectivity index (χ4n) is 3.20. The van der Waals surface area contributed by atoms with Crippen LogP contribution < -0.4 is 5.32 Å². The number of hydrogen-bond donors (Lipinski definition) is 1. The monoisotopic (exact) mass is 363 g/mol. The van der Waals surface area contributed by atoms with Crippen molar-refractivity contribution in [3.63, 3.8) is 0 Å². The molecule has 0 aromatic carbocycles. The average molecular weight is 363 g/mol. The van der Waals surface area contributed by atoms with Gasteiger partial charge in [0.25, 0.3) is 0 Å². The molecule has 0 amide bonds. The summed E-state index contributed by atoms with van der Waals surface area (Å²) in [5, 5.41) is 3.63. The maximum atomic E-state index is 4.71. The molecule has 0 radical (unpaired) electrons. The van der Waals surface area contributed by atoms with Crippen LogP contribution in [0.1, 0.15) is 46.0 Å². The van der Waals surface area contributed by atoms with Crippen molar-refractivity contribution < 1.29 is 0 Å². The molecular weight excluding hydrogens is 337 g/mol. The zero-order valence-corrected chi connectivity index (χ0v) is 13.9. The quantitative estimate of drug-likeness (QED) is 0.781. The predicted octanol–water partition coefficient (Wildman–Crippen LogP) is 2.85. The lowest BCUT2D eigenvalue weighted by Gasteiger charge is -2.36. The Morgan fingerprint density at radius 3 is 2.83 bits per heavy atom. The smallest absolute Gasteiger partial charge is 0.194 e. The van der Waals surface area contributed by atoms with Crippen LogP contribution in [0.25, 0.3) is 0 Å². The number of halogens is 1. The molecule has 2 heterocycles. The lowest BCUT2D eigenvalue weighted by molar-refractivity contribution is 0.210. The number of fused-ring (bicyclic) bond motifs is 1. The van der Waals surface area contributed by atoms with Gasteiger partial charge in [-0.3, -0.25) is 4.99 Å². The Balaban J connectivity index is 0.00000120. The summed E-state index contributed by atoms with van der Waals surface area (Å²) in [6.45, 7) is 8.04. The highest BCUT2D eigenvalue weighted by molar-refractivity contribution is 14.0. The molecule has 2 unspecified atom stereocenters. The van der Waals surface area contributed by atoms with Gasteiger partial charge in [0.05, 0.1) is 12.6 Å². The Morgan fingerprint density at radius 1 is 1.39 bits per heavy atom. The van der Waals surface area contributed by atoms with Crippen LogP contribution in [0, 0.1) is 11.3 Å². The summed E-state index contributed by atoms with van der Waals surface area (Å²) in [7, 11) is 0. The SMILES string of the molecule is CCC1(CNC2=NCC3CCC(C)CN23)CC1.I. The summed E-state index contributed by atoms with van der Waals surface area (Å²) in [5.41, 5.74) is 0.613. The maximum absolute atomic E-state index is 4.71. The van der Waals surface area contributed by atoms with Crippen LogP contribution in [0.5, 0.6) is 0 Å². The molecule has 0 aromatic rings. The lowest BCUT2D eigenvalue weighted by Crippen LogP contribution is -2.49. The molecular formula is C14H26IN3. The van der Waals surface area contributed by atoms with Gasteiger partial charge in [-0.2, -0.15) is 0 Å². The van der Waals surface area contributed by atoms with E-state index in [1.165, 1.54) is 44.6 Å². The van der Waals surface area contributed by atoms with Gasteiger partial charge in [-0.25, -0.2) is 0 Å². The van der Waals surface area contributed by atoms with Gasteiger partial charge in [-0.05, 0) is 43.4 Å². The fraction of sp³-hybridized carbons (Fsp3) is 0.929. The topological polar surface area (TPSA) is 27.6 Å². The van der Waals surface area contributed by atoms with E-state index in [4.69, 9.17) is 4.99 Å². The van der Waals surface area contributed by atoms with Crippen molar-refractivity contribution in [2.24, 2.45) is 16.3 Å². The third-order valence-electron chi connectivity index (χ3n) is 4.99. The minimum absolute atomic E-state index is 0. The van der Waals surface area contributed by atoms with Crippen molar-refractivity contribution in [3.8, 4) is 0 Å². The third-order valence-corrected chi connectivity index (χ3v) is 4.99. The molecule has 1 saturated carbocycles. The number of hydrogen-bond acceptors (Lipinski definition) is 3. The molecule has 3 aliphatic rings. The second-order valence-corrected chi connectivity index (χ2v) is 6.36. The normalized spacial score (nSPS) is 32.3. The highest BCUT2D eigenvalue weighted by Crippen LogP contribution is 2.47. The second-order valence-electron chi connectivity index (χ2n) is 6.36. The second kappa shape index (κ2) is 5.55. The van der Waals surface area contributed by atoms with Crippen molar-refractivity contribution >= 4 is 29.9 Å². The Hall–Kier alpha value is 0. The molecule has 18 heavy (non-hydrogen) atoms. The molecule has 3 rings (SSSR count). The van der Waals surface area contributed by atoms with E-state index in [2.05, 4.69) is 24.1 Å². The molecule has 2 fully saturated rings. The Morgan fingerprint density at radius 2 is 2.17 bits per heavy atom. The summed E-state index contributed by atoms with van der Waals surface area (Å²) in [6.07, 6.45) is 6.83. The highest BCUT2D eigenvalue weighted by atomic mass is 127. The van der Waals surface area contributed by atoms with Gasteiger partial charge in [-0.15, -0.1) is 24.0 Å². The van der Waals surface area contributed by atoms with E-state index in [-0.39, 0.29) is 24.0 Å². The van der Waals surface area contributed by atoms with Crippen LogP contribution in [0.2, 0.25) is 0 Å². The molecule has 1 N–H and O–H groups in total. The van der Waals surface area contributed by atoms with E-state index < -0.39 is 0 Å². The maximum Gasteiger partial charge on any atom is 0.194 e. The van der Waals surface area contributed by atoms with Gasteiger partial charge in [-0.1, -0.05) is 13.8 Å². The Labute approximate surface area is 128 Å². The van der Waals surface area contributed by atoms with Gasteiger partial charge in [0.2, 0.25) is 0 Å². The largest absolute Gasteiger partial charge is 0.356 e. The predicted molar refractivity (Wildman–Crippen MR) is 86.6 cm³/mol. The van der Waals surface area contributed by atoms with Crippen molar-refractivity contribution in [1.29, 1.82) is 0 Å². The van der Waals surface area contributed by atoms with Crippen LogP contribution in [-0.4, -0.2) is 36.5 Å². The van der Waals surface area contributed by atoms with Crippen molar-refractivity contribution in [2.45, 2.75) is 52.0 Å². The standard InChI is InChI=1S/C14H25N3.HI/c1-3-14(6-7-14)10-16-13-15-8-12-5-4-11(2)9-17(12)13;/h11-12H,3-10H2,1-2H3,(H,15,16);1H. The van der Waals surface area contributed by atoms with E-state index in [1.807, 2.05) is 0 Å². The first-order valence-corrected chi connectivity index (χ1v) is 7.27. The van der Waals surface area contributed by atoms with Crippen LogP contribution in [0.3, 0.4) is 0 Å².